The smallest absolute Gasteiger partial charge is 0.125 e. The molecule has 1 heterocycles. The maximum Gasteiger partial charge on any atom is 0.125 e. The number of aliphatic hydroxyl groups excluding tert-OH is 1. The van der Waals surface area contributed by atoms with Crippen molar-refractivity contribution in [2.45, 2.75) is 26.1 Å². The molecule has 2 aromatic rings. The van der Waals surface area contributed by atoms with Gasteiger partial charge in [0.15, 0.2) is 0 Å². The van der Waals surface area contributed by atoms with Crippen LogP contribution >= 0.6 is 22.9 Å². The summed E-state index contributed by atoms with van der Waals surface area (Å²) in [5.74, 6) is 0.713. The number of hydrogen-bond donors (Lipinski definition) is 1. The summed E-state index contributed by atoms with van der Waals surface area (Å²) in [4.78, 5) is 0.819. The molecule has 1 aromatic heterocycles. The van der Waals surface area contributed by atoms with Crippen LogP contribution in [0.25, 0.3) is 0 Å². The maximum atomic E-state index is 10.4. The van der Waals surface area contributed by atoms with Crippen LogP contribution in [0, 0.1) is 0 Å². The van der Waals surface area contributed by atoms with Gasteiger partial charge in [0.25, 0.3) is 0 Å². The van der Waals surface area contributed by atoms with Gasteiger partial charge in [0, 0.05) is 15.8 Å². The van der Waals surface area contributed by atoms with E-state index >= 15 is 0 Å². The molecule has 96 valence electrons. The molecular weight excluding hydrogens is 268 g/mol. The molecule has 2 nitrogen and oxygen atoms in total. The lowest BCUT2D eigenvalue weighted by molar-refractivity contribution is 0.200. The molecule has 1 atom stereocenters. The van der Waals surface area contributed by atoms with Crippen LogP contribution in [-0.2, 0) is 0 Å². The average molecular weight is 283 g/mol. The van der Waals surface area contributed by atoms with Gasteiger partial charge in [-0.05, 0) is 26.0 Å². The van der Waals surface area contributed by atoms with Gasteiger partial charge >= 0.3 is 0 Å². The molecule has 0 spiro atoms. The van der Waals surface area contributed by atoms with Gasteiger partial charge < -0.3 is 9.84 Å². The zero-order valence-electron chi connectivity index (χ0n) is 10.3. The van der Waals surface area contributed by atoms with E-state index in [1.54, 1.807) is 6.07 Å². The Morgan fingerprint density at radius 2 is 2.00 bits per heavy atom. The third kappa shape index (κ3) is 3.05. The molecule has 1 unspecified atom stereocenters. The van der Waals surface area contributed by atoms with Gasteiger partial charge in [0.05, 0.1) is 11.1 Å². The van der Waals surface area contributed by atoms with Crippen molar-refractivity contribution in [1.82, 2.24) is 0 Å². The molecule has 0 radical (unpaired) electrons. The monoisotopic (exact) mass is 282 g/mol. The summed E-state index contributed by atoms with van der Waals surface area (Å²) in [6.07, 6.45) is -0.622. The van der Waals surface area contributed by atoms with Gasteiger partial charge in [0.1, 0.15) is 11.9 Å². The summed E-state index contributed by atoms with van der Waals surface area (Å²) < 4.78 is 5.71. The first kappa shape index (κ1) is 13.4. The minimum absolute atomic E-state index is 0.0743. The zero-order valence-corrected chi connectivity index (χ0v) is 11.8. The van der Waals surface area contributed by atoms with Gasteiger partial charge in [-0.2, -0.15) is 0 Å². The van der Waals surface area contributed by atoms with Crippen LogP contribution < -0.4 is 4.74 Å². The number of benzene rings is 1. The Kier molecular flexibility index (Phi) is 4.27. The summed E-state index contributed by atoms with van der Waals surface area (Å²) in [5, 5.41) is 12.8. The van der Waals surface area contributed by atoms with E-state index in [0.29, 0.717) is 10.8 Å². The highest BCUT2D eigenvalue weighted by Gasteiger charge is 2.17. The number of aliphatic hydroxyl groups is 1. The first-order valence-electron chi connectivity index (χ1n) is 5.75. The second kappa shape index (κ2) is 5.74. The van der Waals surface area contributed by atoms with Gasteiger partial charge in [-0.15, -0.1) is 11.3 Å². The van der Waals surface area contributed by atoms with E-state index in [1.807, 2.05) is 43.5 Å². The lowest BCUT2D eigenvalue weighted by Gasteiger charge is -2.17. The van der Waals surface area contributed by atoms with Crippen LogP contribution in [0.5, 0.6) is 5.75 Å². The lowest BCUT2D eigenvalue weighted by Crippen LogP contribution is -2.09. The second-order valence-electron chi connectivity index (χ2n) is 4.27. The number of para-hydroxylation sites is 1. The van der Waals surface area contributed by atoms with Crippen molar-refractivity contribution in [3.63, 3.8) is 0 Å². The predicted molar refractivity (Wildman–Crippen MR) is 75.6 cm³/mol. The van der Waals surface area contributed by atoms with E-state index in [2.05, 4.69) is 0 Å². The fourth-order valence-electron chi connectivity index (χ4n) is 1.69. The quantitative estimate of drug-likeness (QED) is 0.907. The zero-order chi connectivity index (χ0) is 13.1. The molecule has 0 amide bonds. The minimum atomic E-state index is -0.697. The first-order valence-corrected chi connectivity index (χ1v) is 7.01. The Bertz CT molecular complexity index is 522. The molecule has 0 bridgehead atoms. The van der Waals surface area contributed by atoms with E-state index in [-0.39, 0.29) is 6.10 Å². The third-order valence-electron chi connectivity index (χ3n) is 2.43. The highest BCUT2D eigenvalue weighted by atomic mass is 35.5. The number of rotatable bonds is 4. The molecule has 4 heteroatoms. The maximum absolute atomic E-state index is 10.4. The molecule has 0 aliphatic rings. The fraction of sp³-hybridized carbons (Fsp3) is 0.286. The molecule has 0 saturated carbocycles. The average Bonchev–Trinajstić information content (AvgIpc) is 2.75. The summed E-state index contributed by atoms with van der Waals surface area (Å²) in [6.45, 7) is 3.93. The largest absolute Gasteiger partial charge is 0.491 e. The molecule has 1 aromatic carbocycles. The van der Waals surface area contributed by atoms with E-state index in [9.17, 15) is 5.11 Å². The normalized spacial score (nSPS) is 12.7. The Morgan fingerprint density at radius 1 is 1.28 bits per heavy atom. The SMILES string of the molecule is CC(C)Oc1ccccc1C(O)c1cc(Cl)cs1. The van der Waals surface area contributed by atoms with Crippen LogP contribution in [0.2, 0.25) is 5.02 Å². The van der Waals surface area contributed by atoms with E-state index in [4.69, 9.17) is 16.3 Å². The van der Waals surface area contributed by atoms with Crippen molar-refractivity contribution in [2.75, 3.05) is 0 Å². The van der Waals surface area contributed by atoms with Crippen LogP contribution in [0.15, 0.2) is 35.7 Å². The second-order valence-corrected chi connectivity index (χ2v) is 5.65. The molecule has 18 heavy (non-hydrogen) atoms. The number of halogens is 1. The van der Waals surface area contributed by atoms with Crippen molar-refractivity contribution in [1.29, 1.82) is 0 Å². The highest BCUT2D eigenvalue weighted by Crippen LogP contribution is 2.34. The van der Waals surface area contributed by atoms with Crippen molar-refractivity contribution in [2.24, 2.45) is 0 Å². The summed E-state index contributed by atoms with van der Waals surface area (Å²) >= 11 is 7.33. The van der Waals surface area contributed by atoms with E-state index in [1.165, 1.54) is 11.3 Å². The van der Waals surface area contributed by atoms with Crippen LogP contribution in [0.1, 0.15) is 30.4 Å². The van der Waals surface area contributed by atoms with Gasteiger partial charge in [-0.3, -0.25) is 0 Å². The summed E-state index contributed by atoms with van der Waals surface area (Å²) in [5.41, 5.74) is 0.768. The topological polar surface area (TPSA) is 29.5 Å². The number of thiophene rings is 1. The molecule has 0 saturated heterocycles. The number of hydrogen-bond acceptors (Lipinski definition) is 3. The van der Waals surface area contributed by atoms with Crippen molar-refractivity contribution < 1.29 is 9.84 Å². The Hall–Kier alpha value is -1.03. The Balaban J connectivity index is 2.32. The standard InChI is InChI=1S/C14H15ClO2S/c1-9(2)17-12-6-4-3-5-11(12)14(16)13-7-10(15)8-18-13/h3-9,14,16H,1-2H3. The lowest BCUT2D eigenvalue weighted by atomic mass is 10.1. The van der Waals surface area contributed by atoms with Crippen molar-refractivity contribution in [3.05, 3.63) is 51.2 Å². The third-order valence-corrected chi connectivity index (χ3v) is 3.77. The molecule has 2 rings (SSSR count). The molecule has 1 N–H and O–H groups in total. The van der Waals surface area contributed by atoms with E-state index < -0.39 is 6.10 Å². The Labute approximate surface area is 116 Å². The Morgan fingerprint density at radius 3 is 2.61 bits per heavy atom. The van der Waals surface area contributed by atoms with Gasteiger partial charge in [-0.1, -0.05) is 29.8 Å². The molecule has 0 aliphatic carbocycles. The van der Waals surface area contributed by atoms with Crippen LogP contribution in [0.4, 0.5) is 0 Å². The van der Waals surface area contributed by atoms with Crippen LogP contribution in [0.3, 0.4) is 0 Å². The minimum Gasteiger partial charge on any atom is -0.491 e. The summed E-state index contributed by atoms with van der Waals surface area (Å²) in [7, 11) is 0. The molecule has 0 fully saturated rings. The fourth-order valence-corrected chi connectivity index (χ4v) is 2.78. The first-order chi connectivity index (χ1) is 8.58. The predicted octanol–water partition coefficient (Wildman–Crippen LogP) is 4.27. The van der Waals surface area contributed by atoms with Gasteiger partial charge in [-0.25, -0.2) is 0 Å². The van der Waals surface area contributed by atoms with Crippen molar-refractivity contribution >= 4 is 22.9 Å². The number of ether oxygens (including phenoxy) is 1. The molecular formula is C14H15ClO2S. The van der Waals surface area contributed by atoms with E-state index in [0.717, 1.165) is 10.4 Å². The molecule has 0 aliphatic heterocycles. The van der Waals surface area contributed by atoms with Crippen LogP contribution in [-0.4, -0.2) is 11.2 Å². The van der Waals surface area contributed by atoms with Crippen molar-refractivity contribution in [3.8, 4) is 5.75 Å². The summed E-state index contributed by atoms with van der Waals surface area (Å²) in [6, 6.07) is 9.31. The highest BCUT2D eigenvalue weighted by molar-refractivity contribution is 7.10. The van der Waals surface area contributed by atoms with Gasteiger partial charge in [0.2, 0.25) is 0 Å².